The number of carbonyl (C=O) groups is 2. The van der Waals surface area contributed by atoms with Gasteiger partial charge in [-0.3, -0.25) is 4.90 Å². The molecular weight excluding hydrogens is 326 g/mol. The van der Waals surface area contributed by atoms with Crippen LogP contribution in [0, 0.1) is 6.92 Å². The Bertz CT molecular complexity index is 563. The Balaban J connectivity index is 0.000000823. The number of nitrogens with zero attached hydrogens (tertiary/aromatic N) is 1. The van der Waals surface area contributed by atoms with Gasteiger partial charge in [-0.25, -0.2) is 9.59 Å². The third-order valence-corrected chi connectivity index (χ3v) is 2.94. The average molecular weight is 351 g/mol. The first kappa shape index (κ1) is 22.2. The molecule has 0 amide bonds. The van der Waals surface area contributed by atoms with Crippen LogP contribution in [0.1, 0.15) is 5.56 Å². The van der Waals surface area contributed by atoms with Crippen LogP contribution in [0.2, 0.25) is 0 Å². The molecule has 0 atom stereocenters. The zero-order valence-corrected chi connectivity index (χ0v) is 14.6. The van der Waals surface area contributed by atoms with Gasteiger partial charge in [0, 0.05) is 19.6 Å². The molecule has 0 heterocycles. The van der Waals surface area contributed by atoms with Gasteiger partial charge in [0.2, 0.25) is 0 Å². The van der Waals surface area contributed by atoms with Crippen LogP contribution in [0.15, 0.2) is 43.5 Å². The third-order valence-electron chi connectivity index (χ3n) is 2.94. The van der Waals surface area contributed by atoms with Gasteiger partial charge in [0.25, 0.3) is 0 Å². The van der Waals surface area contributed by atoms with Crippen molar-refractivity contribution >= 4 is 11.9 Å². The minimum Gasteiger partial charge on any atom is -0.493 e. The molecule has 0 fully saturated rings. The minimum absolute atomic E-state index is 0.612. The van der Waals surface area contributed by atoms with Crippen LogP contribution in [-0.4, -0.2) is 60.4 Å². The van der Waals surface area contributed by atoms with Crippen molar-refractivity contribution in [1.29, 1.82) is 0 Å². The maximum Gasteiger partial charge on any atom is 0.414 e. The number of methoxy groups -OCH3 is 1. The summed E-state index contributed by atoms with van der Waals surface area (Å²) in [7, 11) is 1.66. The molecule has 0 aromatic heterocycles. The molecule has 1 aromatic carbocycles. The molecule has 7 nitrogen and oxygen atoms in total. The Hall–Kier alpha value is -2.80. The number of ether oxygens (including phenoxy) is 2. The molecule has 7 heteroatoms. The van der Waals surface area contributed by atoms with E-state index in [0.717, 1.165) is 36.7 Å². The van der Waals surface area contributed by atoms with Gasteiger partial charge in [-0.15, -0.1) is 13.2 Å². The zero-order valence-electron chi connectivity index (χ0n) is 14.6. The number of rotatable bonds is 9. The molecule has 0 saturated heterocycles. The Morgan fingerprint density at radius 3 is 2.12 bits per heavy atom. The van der Waals surface area contributed by atoms with Gasteiger partial charge in [-0.2, -0.15) is 0 Å². The van der Waals surface area contributed by atoms with Crippen molar-refractivity contribution in [2.45, 2.75) is 6.92 Å². The molecule has 138 valence electrons. The highest BCUT2D eigenvalue weighted by Gasteiger charge is 2.06. The first-order valence-electron chi connectivity index (χ1n) is 7.53. The molecule has 0 spiro atoms. The van der Waals surface area contributed by atoms with Gasteiger partial charge in [-0.05, 0) is 24.6 Å². The molecule has 0 aliphatic carbocycles. The lowest BCUT2D eigenvalue weighted by Crippen LogP contribution is -2.28. The predicted octanol–water partition coefficient (Wildman–Crippen LogP) is 2.21. The molecule has 0 bridgehead atoms. The van der Waals surface area contributed by atoms with Crippen molar-refractivity contribution in [2.24, 2.45) is 0 Å². The molecule has 0 aliphatic heterocycles. The fourth-order valence-corrected chi connectivity index (χ4v) is 1.80. The number of benzene rings is 1. The summed E-state index contributed by atoms with van der Waals surface area (Å²) in [5.74, 6) is -2.09. The Labute approximate surface area is 147 Å². The lowest BCUT2D eigenvalue weighted by Gasteiger charge is -2.19. The molecule has 1 aromatic rings. The second-order valence-corrected chi connectivity index (χ2v) is 4.95. The van der Waals surface area contributed by atoms with Crippen LogP contribution in [0.25, 0.3) is 0 Å². The number of hydrogen-bond donors (Lipinski definition) is 2. The lowest BCUT2D eigenvalue weighted by molar-refractivity contribution is -0.159. The molecule has 0 aliphatic rings. The van der Waals surface area contributed by atoms with E-state index in [1.165, 1.54) is 0 Å². The van der Waals surface area contributed by atoms with E-state index in [1.807, 2.05) is 37.3 Å². The minimum atomic E-state index is -1.82. The Kier molecular flexibility index (Phi) is 11.2. The quantitative estimate of drug-likeness (QED) is 0.520. The molecule has 0 radical (unpaired) electrons. The van der Waals surface area contributed by atoms with E-state index in [2.05, 4.69) is 18.1 Å². The van der Waals surface area contributed by atoms with Crippen molar-refractivity contribution in [3.05, 3.63) is 49.1 Å². The fourth-order valence-electron chi connectivity index (χ4n) is 1.80. The first-order chi connectivity index (χ1) is 11.8. The summed E-state index contributed by atoms with van der Waals surface area (Å²) in [6.45, 7) is 12.6. The largest absolute Gasteiger partial charge is 0.493 e. The SMILES string of the molecule is C=CCN(CC=C)CCOc1ccc(C)cc1OC.O=C(O)C(=O)O. The van der Waals surface area contributed by atoms with E-state index in [0.29, 0.717) is 6.61 Å². The number of aryl methyl sites for hydroxylation is 1. The number of hydrogen-bond acceptors (Lipinski definition) is 5. The summed E-state index contributed by atoms with van der Waals surface area (Å²) in [5, 5.41) is 14.8. The van der Waals surface area contributed by atoms with Crippen LogP contribution in [0.4, 0.5) is 0 Å². The van der Waals surface area contributed by atoms with Gasteiger partial charge < -0.3 is 19.7 Å². The average Bonchev–Trinajstić information content (AvgIpc) is 2.57. The molecular formula is C18H25NO6. The van der Waals surface area contributed by atoms with Crippen LogP contribution in [-0.2, 0) is 9.59 Å². The van der Waals surface area contributed by atoms with Gasteiger partial charge in [0.05, 0.1) is 7.11 Å². The van der Waals surface area contributed by atoms with Gasteiger partial charge in [-0.1, -0.05) is 18.2 Å². The van der Waals surface area contributed by atoms with Crippen molar-refractivity contribution in [1.82, 2.24) is 4.90 Å². The van der Waals surface area contributed by atoms with Crippen molar-refractivity contribution in [3.63, 3.8) is 0 Å². The highest BCUT2D eigenvalue weighted by atomic mass is 16.5. The fraction of sp³-hybridized carbons (Fsp3) is 0.333. The summed E-state index contributed by atoms with van der Waals surface area (Å²) >= 11 is 0. The van der Waals surface area contributed by atoms with E-state index < -0.39 is 11.9 Å². The monoisotopic (exact) mass is 351 g/mol. The predicted molar refractivity (Wildman–Crippen MR) is 95.3 cm³/mol. The number of carboxylic acid groups (broad SMARTS) is 2. The topological polar surface area (TPSA) is 96.3 Å². The van der Waals surface area contributed by atoms with Gasteiger partial charge >= 0.3 is 11.9 Å². The zero-order chi connectivity index (χ0) is 19.2. The number of carboxylic acids is 2. The highest BCUT2D eigenvalue weighted by molar-refractivity contribution is 6.27. The molecule has 1 rings (SSSR count). The standard InChI is InChI=1S/C16H23NO2.C2H2O4/c1-5-9-17(10-6-2)11-12-19-15-8-7-14(3)13-16(15)18-4;3-1(4)2(5)6/h5-8,13H,1-2,9-12H2,3-4H3;(H,3,4)(H,5,6). The van der Waals surface area contributed by atoms with Gasteiger partial charge in [0.1, 0.15) is 6.61 Å². The van der Waals surface area contributed by atoms with Crippen molar-refractivity contribution in [2.75, 3.05) is 33.4 Å². The van der Waals surface area contributed by atoms with E-state index in [9.17, 15) is 0 Å². The third kappa shape index (κ3) is 9.83. The van der Waals surface area contributed by atoms with Crippen LogP contribution in [0.3, 0.4) is 0 Å². The molecule has 2 N–H and O–H groups in total. The summed E-state index contributed by atoms with van der Waals surface area (Å²) in [6, 6.07) is 5.93. The Morgan fingerprint density at radius 1 is 1.12 bits per heavy atom. The molecule has 0 saturated carbocycles. The van der Waals surface area contributed by atoms with Gasteiger partial charge in [0.15, 0.2) is 11.5 Å². The summed E-state index contributed by atoms with van der Waals surface area (Å²) in [5.41, 5.74) is 1.16. The normalized spacial score (nSPS) is 9.56. The van der Waals surface area contributed by atoms with E-state index in [4.69, 9.17) is 29.3 Å². The maximum atomic E-state index is 9.10. The van der Waals surface area contributed by atoms with E-state index in [-0.39, 0.29) is 0 Å². The maximum absolute atomic E-state index is 9.10. The smallest absolute Gasteiger partial charge is 0.414 e. The van der Waals surface area contributed by atoms with Crippen LogP contribution >= 0.6 is 0 Å². The lowest BCUT2D eigenvalue weighted by atomic mass is 10.2. The summed E-state index contributed by atoms with van der Waals surface area (Å²) < 4.78 is 11.1. The highest BCUT2D eigenvalue weighted by Crippen LogP contribution is 2.27. The number of aliphatic carboxylic acids is 2. The second-order valence-electron chi connectivity index (χ2n) is 4.95. The van der Waals surface area contributed by atoms with Crippen LogP contribution in [0.5, 0.6) is 11.5 Å². The Morgan fingerprint density at radius 2 is 1.68 bits per heavy atom. The first-order valence-corrected chi connectivity index (χ1v) is 7.53. The summed E-state index contributed by atoms with van der Waals surface area (Å²) in [4.78, 5) is 20.4. The van der Waals surface area contributed by atoms with Crippen LogP contribution < -0.4 is 9.47 Å². The molecule has 25 heavy (non-hydrogen) atoms. The summed E-state index contributed by atoms with van der Waals surface area (Å²) in [6.07, 6.45) is 3.77. The van der Waals surface area contributed by atoms with E-state index in [1.54, 1.807) is 7.11 Å². The van der Waals surface area contributed by atoms with E-state index >= 15 is 0 Å². The second kappa shape index (κ2) is 12.6. The van der Waals surface area contributed by atoms with Crippen molar-refractivity contribution < 1.29 is 29.3 Å². The van der Waals surface area contributed by atoms with Crippen molar-refractivity contribution in [3.8, 4) is 11.5 Å². The molecule has 0 unspecified atom stereocenters.